The Morgan fingerprint density at radius 2 is 1.68 bits per heavy atom. The number of rotatable bonds is 10. The van der Waals surface area contributed by atoms with Gasteiger partial charge in [0.2, 0.25) is 0 Å². The number of hydrogen-bond donors (Lipinski definition) is 3. The molecule has 8 unspecified atom stereocenters. The molecule has 4 saturated carbocycles. The minimum Gasteiger partial charge on any atom is -0.486 e. The van der Waals surface area contributed by atoms with Gasteiger partial charge in [-0.15, -0.1) is 0 Å². The zero-order chi connectivity index (χ0) is 52.4. The fourth-order valence-electron chi connectivity index (χ4n) is 15.6. The van der Waals surface area contributed by atoms with E-state index >= 15 is 9.59 Å². The third-order valence-electron chi connectivity index (χ3n) is 18.6. The summed E-state index contributed by atoms with van der Waals surface area (Å²) in [5.74, 6) is -2.83. The van der Waals surface area contributed by atoms with Crippen molar-refractivity contribution < 1.29 is 57.8 Å². The van der Waals surface area contributed by atoms with Gasteiger partial charge in [0.15, 0.2) is 28.6 Å². The Balaban J connectivity index is 1.18. The lowest BCUT2D eigenvalue weighted by molar-refractivity contribution is -0.328. The van der Waals surface area contributed by atoms with Gasteiger partial charge in [-0.3, -0.25) is 14.9 Å². The summed E-state index contributed by atoms with van der Waals surface area (Å²) >= 11 is 0. The number of aliphatic hydroxyl groups is 2. The molecule has 2 aromatic rings. The molecule has 3 saturated heterocycles. The molecule has 2 spiro atoms. The maximum Gasteiger partial charge on any atom is 0.333 e. The monoisotopic (exact) mass is 1010 g/mol. The molecule has 14 heteroatoms. The molecule has 4 bridgehead atoms. The van der Waals surface area contributed by atoms with Crippen LogP contribution < -0.4 is 19.5 Å². The lowest BCUT2D eigenvalue weighted by atomic mass is 9.39. The maximum absolute atomic E-state index is 16.3. The topological polar surface area (TPSA) is 172 Å². The van der Waals surface area contributed by atoms with Gasteiger partial charge in [-0.2, -0.15) is 0 Å². The lowest BCUT2D eigenvalue weighted by Gasteiger charge is -2.71. The highest BCUT2D eigenvalue weighted by molar-refractivity contribution is 6.22. The van der Waals surface area contributed by atoms with E-state index in [1.807, 2.05) is 52.0 Å². The number of fused-ring (bicyclic) bond motifs is 6. The summed E-state index contributed by atoms with van der Waals surface area (Å²) in [4.78, 5) is 47.2. The fourth-order valence-corrected chi connectivity index (χ4v) is 15.6. The molecule has 13 atom stereocenters. The van der Waals surface area contributed by atoms with Gasteiger partial charge in [0.05, 0.1) is 48.2 Å². The zero-order valence-electron chi connectivity index (χ0n) is 44.7. The van der Waals surface area contributed by atoms with Crippen LogP contribution in [0.3, 0.4) is 0 Å². The van der Waals surface area contributed by atoms with Crippen LogP contribution >= 0.6 is 0 Å². The highest BCUT2D eigenvalue weighted by Gasteiger charge is 2.89. The number of esters is 1. The van der Waals surface area contributed by atoms with Crippen molar-refractivity contribution in [3.05, 3.63) is 98.7 Å². The van der Waals surface area contributed by atoms with Gasteiger partial charge < -0.3 is 48.3 Å². The molecular formula is C60H72N2O12. The summed E-state index contributed by atoms with van der Waals surface area (Å²) in [5, 5.41) is 28.5. The van der Waals surface area contributed by atoms with E-state index in [-0.39, 0.29) is 29.8 Å². The van der Waals surface area contributed by atoms with E-state index < -0.39 is 82.0 Å². The molecule has 13 rings (SSSR count). The highest BCUT2D eigenvalue weighted by Crippen LogP contribution is 2.78. The number of methoxy groups -OCH3 is 1. The second-order valence-electron chi connectivity index (χ2n) is 24.5. The van der Waals surface area contributed by atoms with Crippen molar-refractivity contribution in [2.75, 3.05) is 26.8 Å². The number of allylic oxidation sites excluding steroid dienone is 5. The van der Waals surface area contributed by atoms with E-state index in [9.17, 15) is 15.0 Å². The number of ether oxygens (including phenoxy) is 7. The van der Waals surface area contributed by atoms with Crippen LogP contribution in [0.15, 0.2) is 70.9 Å². The van der Waals surface area contributed by atoms with Gasteiger partial charge in [-0.25, -0.2) is 4.79 Å². The number of nitrogens with one attached hydrogen (secondary N) is 1. The number of aliphatic hydroxyl groups excluding tert-OH is 2. The first-order chi connectivity index (χ1) is 35.0. The standard InChI is InChI=1S/C60H72N2O12/c1-30(2)15-14-22-57(10)23-21-37-49(72-57)36(19-18-31(3)4)51-43(50(37)70-39-27-33-29-69-56(8,9)71-48(33)47(65)46(39)64)60-52-41(42-44(62(60)26-25-61-60)34-16-12-13-17-35(34)45(42)63)38-28-40-55(6,7)74-58(53(38)66,59(40,52)73-51)24-20-32(5)54(67)68-11/h12-13,15-18,20-21,23,33,38-41,46-48,52,61,64-65H,14,19,22,24-29H2,1-11H3/b32-20-/t33-,38?,39-,40?,41?,46+,47-,48-,52?,57?,58?,59?,60?/m1/s1. The summed E-state index contributed by atoms with van der Waals surface area (Å²) in [6, 6.07) is 7.76. The maximum atomic E-state index is 16.3. The molecular weight excluding hydrogens is 941 g/mol. The minimum absolute atomic E-state index is 0.0207. The molecule has 74 heavy (non-hydrogen) atoms. The number of carbonyl (C=O) groups is 3. The van der Waals surface area contributed by atoms with Gasteiger partial charge in [0.25, 0.3) is 0 Å². The second-order valence-corrected chi connectivity index (χ2v) is 24.5. The van der Waals surface area contributed by atoms with Gasteiger partial charge >= 0.3 is 5.97 Å². The van der Waals surface area contributed by atoms with Crippen LogP contribution in [0.2, 0.25) is 0 Å². The van der Waals surface area contributed by atoms with E-state index in [4.69, 9.17) is 33.2 Å². The fraction of sp³-hybridized carbons (Fsp3) is 0.583. The van der Waals surface area contributed by atoms with Crippen LogP contribution in [0.5, 0.6) is 17.2 Å². The number of nitrogens with zero attached hydrogens (tertiary/aromatic N) is 1. The number of ketones is 2. The second kappa shape index (κ2) is 16.7. The Hall–Kier alpha value is -5.09. The average molecular weight is 1010 g/mol. The number of benzene rings is 2. The normalized spacial score (nSPS) is 37.8. The molecule has 5 aliphatic carbocycles. The SMILES string of the molecule is COC(=O)/C(C)=C\CC12OC(C)(C)C3CC(C1=O)C1C4=C(c5ccccc5C4=O)N4CCNC45c4c(O[C@@H]6C[C@@H]7COC(C)(C)O[C@H]7[C@H](O)[C@H]6O)c6c(c(CC=C(C)C)c4OC32C15)OC(C)(CCC=C(C)C)C=C6. The van der Waals surface area contributed by atoms with Crippen LogP contribution in [0.4, 0.5) is 0 Å². The van der Waals surface area contributed by atoms with E-state index in [1.165, 1.54) is 12.7 Å². The van der Waals surface area contributed by atoms with E-state index in [2.05, 4.69) is 69.1 Å². The number of hydrogen-bond acceptors (Lipinski definition) is 14. The third kappa shape index (κ3) is 6.66. The van der Waals surface area contributed by atoms with Gasteiger partial charge in [0, 0.05) is 71.0 Å². The van der Waals surface area contributed by atoms with Gasteiger partial charge in [0.1, 0.15) is 46.8 Å². The molecule has 7 fully saturated rings. The average Bonchev–Trinajstić information content (AvgIpc) is 4.13. The molecule has 0 radical (unpaired) electrons. The van der Waals surface area contributed by atoms with Crippen molar-refractivity contribution >= 4 is 29.3 Å². The smallest absolute Gasteiger partial charge is 0.333 e. The van der Waals surface area contributed by atoms with Crippen LogP contribution in [0.25, 0.3) is 11.8 Å². The Labute approximate surface area is 434 Å². The van der Waals surface area contributed by atoms with Crippen LogP contribution in [0.1, 0.15) is 134 Å². The van der Waals surface area contributed by atoms with E-state index in [0.29, 0.717) is 90.5 Å². The Kier molecular flexibility index (Phi) is 11.2. The molecule has 0 amide bonds. The van der Waals surface area contributed by atoms with Gasteiger partial charge in [-0.1, -0.05) is 53.6 Å². The molecule has 0 aromatic heterocycles. The first-order valence-electron chi connectivity index (χ1n) is 26.9. The quantitative estimate of drug-likeness (QED) is 0.119. The van der Waals surface area contributed by atoms with Crippen molar-refractivity contribution in [2.24, 2.45) is 29.6 Å². The number of carbonyl (C=O) groups excluding carboxylic acids is 3. The van der Waals surface area contributed by atoms with Crippen LogP contribution in [-0.2, 0) is 40.6 Å². The van der Waals surface area contributed by atoms with Crippen molar-refractivity contribution in [1.29, 1.82) is 0 Å². The summed E-state index contributed by atoms with van der Waals surface area (Å²) in [6.07, 6.45) is 8.63. The molecule has 2 aromatic carbocycles. The van der Waals surface area contributed by atoms with Crippen molar-refractivity contribution in [2.45, 2.75) is 166 Å². The molecule has 6 heterocycles. The third-order valence-corrected chi connectivity index (χ3v) is 18.6. The van der Waals surface area contributed by atoms with Crippen LogP contribution in [-0.4, -0.2) is 112 Å². The van der Waals surface area contributed by atoms with Crippen molar-refractivity contribution in [3.63, 3.8) is 0 Å². The summed E-state index contributed by atoms with van der Waals surface area (Å²) in [7, 11) is 1.34. The minimum atomic E-state index is -1.63. The van der Waals surface area contributed by atoms with E-state index in [0.717, 1.165) is 28.8 Å². The summed E-state index contributed by atoms with van der Waals surface area (Å²) in [6.45, 7) is 21.1. The molecule has 3 N–H and O–H groups in total. The lowest BCUT2D eigenvalue weighted by Crippen LogP contribution is -2.84. The molecule has 394 valence electrons. The van der Waals surface area contributed by atoms with Crippen molar-refractivity contribution in [3.8, 4) is 17.2 Å². The summed E-state index contributed by atoms with van der Waals surface area (Å²) in [5.41, 5.74) is 1.58. The first kappa shape index (κ1) is 49.8. The van der Waals surface area contributed by atoms with Crippen molar-refractivity contribution in [1.82, 2.24) is 10.2 Å². The predicted octanol–water partition coefficient (Wildman–Crippen LogP) is 8.07. The Morgan fingerprint density at radius 1 is 0.932 bits per heavy atom. The first-order valence-corrected chi connectivity index (χ1v) is 26.9. The number of Topliss-reactive ketones (excluding diaryl/α,β-unsaturated/α-hetero) is 2. The van der Waals surface area contributed by atoms with E-state index in [1.54, 1.807) is 13.0 Å². The molecule has 14 nitrogen and oxygen atoms in total. The summed E-state index contributed by atoms with van der Waals surface area (Å²) < 4.78 is 48.4. The Morgan fingerprint density at radius 3 is 2.41 bits per heavy atom. The molecule has 11 aliphatic rings. The zero-order valence-corrected chi connectivity index (χ0v) is 44.7. The predicted molar refractivity (Wildman–Crippen MR) is 275 cm³/mol. The van der Waals surface area contributed by atoms with Crippen LogP contribution in [0, 0.1) is 29.6 Å². The highest BCUT2D eigenvalue weighted by atomic mass is 16.7. The van der Waals surface area contributed by atoms with Gasteiger partial charge in [-0.05, 0) is 113 Å². The molecule has 6 aliphatic heterocycles. The Bertz CT molecular complexity index is 2950. The largest absolute Gasteiger partial charge is 0.486 e.